The van der Waals surface area contributed by atoms with Crippen molar-refractivity contribution in [2.45, 2.75) is 6.92 Å². The number of quaternary nitrogens is 1. The Morgan fingerprint density at radius 3 is 2.31 bits per heavy atom. The molecule has 0 aromatic rings. The van der Waals surface area contributed by atoms with E-state index in [9.17, 15) is 14.3 Å². The summed E-state index contributed by atoms with van der Waals surface area (Å²) in [7, 11) is 1.10. The molecule has 0 aromatic carbocycles. The molecular formula is C9H18NO5P. The summed E-state index contributed by atoms with van der Waals surface area (Å²) in [5.41, 5.74) is 0.00581. The number of phosphoric acid groups is 1. The molecule has 1 unspecified atom stereocenters. The van der Waals surface area contributed by atoms with Crippen molar-refractivity contribution in [3.63, 3.8) is 0 Å². The van der Waals surface area contributed by atoms with Crippen LogP contribution in [-0.4, -0.2) is 44.7 Å². The monoisotopic (exact) mass is 251 g/mol. The fraction of sp³-hybridized carbons (Fsp3) is 0.667. The minimum absolute atomic E-state index is 0.00581. The zero-order valence-electron chi connectivity index (χ0n) is 10.1. The van der Waals surface area contributed by atoms with Crippen LogP contribution in [0.1, 0.15) is 6.92 Å². The Morgan fingerprint density at radius 1 is 1.44 bits per heavy atom. The van der Waals surface area contributed by atoms with Crippen molar-refractivity contribution in [2.24, 2.45) is 0 Å². The Hall–Kier alpha value is -0.680. The SMILES string of the molecule is C=C(C)C(=O)OP(=O)([O-])OCC[N+](C)(C)C. The third-order valence-electron chi connectivity index (χ3n) is 1.55. The van der Waals surface area contributed by atoms with E-state index in [1.807, 2.05) is 21.1 Å². The highest BCUT2D eigenvalue weighted by Crippen LogP contribution is 2.38. The summed E-state index contributed by atoms with van der Waals surface area (Å²) in [4.78, 5) is 22.1. The standard InChI is InChI=1S/C9H18NO5P/c1-8(2)9(11)15-16(12,13)14-7-6-10(3,4)5/h1,6-7H2,2-5H3. The van der Waals surface area contributed by atoms with Gasteiger partial charge in [0.2, 0.25) is 0 Å². The van der Waals surface area contributed by atoms with E-state index in [0.29, 0.717) is 11.0 Å². The van der Waals surface area contributed by atoms with Crippen molar-refractivity contribution in [2.75, 3.05) is 34.3 Å². The van der Waals surface area contributed by atoms with E-state index >= 15 is 0 Å². The summed E-state index contributed by atoms with van der Waals surface area (Å²) < 4.78 is 20.4. The fourth-order valence-electron chi connectivity index (χ4n) is 0.632. The molecule has 0 heterocycles. The van der Waals surface area contributed by atoms with Crippen molar-refractivity contribution in [1.82, 2.24) is 0 Å². The van der Waals surface area contributed by atoms with Crippen LogP contribution in [0.15, 0.2) is 12.2 Å². The van der Waals surface area contributed by atoms with Crippen molar-refractivity contribution >= 4 is 13.8 Å². The molecule has 0 fully saturated rings. The molecule has 0 aliphatic heterocycles. The second kappa shape index (κ2) is 5.59. The Kier molecular flexibility index (Phi) is 5.35. The van der Waals surface area contributed by atoms with Gasteiger partial charge in [-0.1, -0.05) is 6.58 Å². The van der Waals surface area contributed by atoms with E-state index in [1.165, 1.54) is 6.92 Å². The number of hydrogen-bond donors (Lipinski definition) is 0. The van der Waals surface area contributed by atoms with Crippen LogP contribution in [-0.2, 0) is 18.4 Å². The van der Waals surface area contributed by atoms with E-state index in [4.69, 9.17) is 0 Å². The van der Waals surface area contributed by atoms with E-state index in [1.54, 1.807) is 0 Å². The molecule has 0 aliphatic rings. The number of rotatable bonds is 6. The Balaban J connectivity index is 4.12. The highest BCUT2D eigenvalue weighted by atomic mass is 31.2. The van der Waals surface area contributed by atoms with Gasteiger partial charge in [-0.05, 0) is 6.92 Å². The summed E-state index contributed by atoms with van der Waals surface area (Å²) in [6, 6.07) is 0. The minimum Gasteiger partial charge on any atom is -0.746 e. The highest BCUT2D eigenvalue weighted by Gasteiger charge is 2.17. The Bertz CT molecular complexity index is 320. The molecule has 0 aliphatic carbocycles. The molecule has 0 saturated heterocycles. The number of nitrogens with zero attached hydrogens (tertiary/aromatic N) is 1. The lowest BCUT2D eigenvalue weighted by atomic mass is 10.4. The second-order valence-electron chi connectivity index (χ2n) is 4.45. The maximum absolute atomic E-state index is 11.1. The number of hydrogen-bond acceptors (Lipinski definition) is 5. The number of carbonyl (C=O) groups is 1. The van der Waals surface area contributed by atoms with Crippen LogP contribution in [0.5, 0.6) is 0 Å². The molecule has 0 radical (unpaired) electrons. The Labute approximate surface area is 95.7 Å². The van der Waals surface area contributed by atoms with Gasteiger partial charge in [0.25, 0.3) is 0 Å². The van der Waals surface area contributed by atoms with Gasteiger partial charge in [0.05, 0.1) is 21.1 Å². The van der Waals surface area contributed by atoms with Crippen molar-refractivity contribution in [1.29, 1.82) is 0 Å². The van der Waals surface area contributed by atoms with Gasteiger partial charge >= 0.3 is 13.8 Å². The predicted octanol–water partition coefficient (Wildman–Crippen LogP) is 0.297. The van der Waals surface area contributed by atoms with Gasteiger partial charge in [-0.3, -0.25) is 4.57 Å². The van der Waals surface area contributed by atoms with Crippen LogP contribution in [0.3, 0.4) is 0 Å². The fourth-order valence-corrected chi connectivity index (χ4v) is 1.35. The molecule has 0 N–H and O–H groups in total. The first-order valence-corrected chi connectivity index (χ1v) is 6.15. The summed E-state index contributed by atoms with van der Waals surface area (Å²) in [6.45, 7) is 5.07. The third-order valence-corrected chi connectivity index (χ3v) is 2.44. The molecule has 94 valence electrons. The molecule has 0 spiro atoms. The first kappa shape index (κ1) is 15.3. The highest BCUT2D eigenvalue weighted by molar-refractivity contribution is 7.46. The average Bonchev–Trinajstić information content (AvgIpc) is 1.99. The van der Waals surface area contributed by atoms with E-state index in [2.05, 4.69) is 15.6 Å². The quantitative estimate of drug-likeness (QED) is 0.385. The number of phosphoric ester groups is 1. The lowest BCUT2D eigenvalue weighted by Gasteiger charge is -2.26. The maximum Gasteiger partial charge on any atom is 0.338 e. The molecule has 0 aromatic heterocycles. The Morgan fingerprint density at radius 2 is 1.94 bits per heavy atom. The topological polar surface area (TPSA) is 75.7 Å². The number of likely N-dealkylation sites (N-methyl/N-ethyl adjacent to an activating group) is 1. The molecule has 0 rings (SSSR count). The zero-order chi connectivity index (χ0) is 13.0. The number of carbonyl (C=O) groups excluding carboxylic acids is 1. The van der Waals surface area contributed by atoms with E-state index in [-0.39, 0.29) is 12.2 Å². The molecule has 0 bridgehead atoms. The third kappa shape index (κ3) is 7.59. The van der Waals surface area contributed by atoms with Crippen LogP contribution in [0.25, 0.3) is 0 Å². The van der Waals surface area contributed by atoms with Crippen LogP contribution in [0, 0.1) is 0 Å². The minimum atomic E-state index is -4.56. The predicted molar refractivity (Wildman–Crippen MR) is 57.4 cm³/mol. The van der Waals surface area contributed by atoms with Crippen LogP contribution < -0.4 is 4.89 Å². The van der Waals surface area contributed by atoms with Gasteiger partial charge in [0.1, 0.15) is 13.2 Å². The summed E-state index contributed by atoms with van der Waals surface area (Å²) >= 11 is 0. The molecule has 16 heavy (non-hydrogen) atoms. The largest absolute Gasteiger partial charge is 0.746 e. The molecule has 1 atom stereocenters. The van der Waals surface area contributed by atoms with Crippen LogP contribution in [0.2, 0.25) is 0 Å². The summed E-state index contributed by atoms with van der Waals surface area (Å²) in [5.74, 6) is -0.997. The average molecular weight is 251 g/mol. The van der Waals surface area contributed by atoms with Gasteiger partial charge < -0.3 is 18.4 Å². The second-order valence-corrected chi connectivity index (χ2v) is 5.79. The van der Waals surface area contributed by atoms with Crippen LogP contribution in [0.4, 0.5) is 0 Å². The van der Waals surface area contributed by atoms with Gasteiger partial charge in [0, 0.05) is 5.57 Å². The first-order chi connectivity index (χ1) is 7.03. The smallest absolute Gasteiger partial charge is 0.338 e. The normalized spacial score (nSPS) is 15.3. The van der Waals surface area contributed by atoms with Crippen molar-refractivity contribution < 1.29 is 27.8 Å². The molecule has 0 saturated carbocycles. The maximum atomic E-state index is 11.1. The van der Waals surface area contributed by atoms with E-state index in [0.717, 1.165) is 0 Å². The van der Waals surface area contributed by atoms with Gasteiger partial charge in [0.15, 0.2) is 0 Å². The lowest BCUT2D eigenvalue weighted by molar-refractivity contribution is -0.870. The molecule has 7 heteroatoms. The lowest BCUT2D eigenvalue weighted by Crippen LogP contribution is -2.37. The summed E-state index contributed by atoms with van der Waals surface area (Å²) in [5, 5.41) is 0. The van der Waals surface area contributed by atoms with Gasteiger partial charge in [-0.2, -0.15) is 0 Å². The van der Waals surface area contributed by atoms with Crippen molar-refractivity contribution in [3.05, 3.63) is 12.2 Å². The van der Waals surface area contributed by atoms with Gasteiger partial charge in [-0.25, -0.2) is 4.79 Å². The zero-order valence-corrected chi connectivity index (χ0v) is 11.0. The molecule has 6 nitrogen and oxygen atoms in total. The summed E-state index contributed by atoms with van der Waals surface area (Å²) in [6.07, 6.45) is 0. The van der Waals surface area contributed by atoms with Crippen LogP contribution >= 0.6 is 7.82 Å². The molecule has 0 amide bonds. The van der Waals surface area contributed by atoms with Gasteiger partial charge in [-0.15, -0.1) is 0 Å². The van der Waals surface area contributed by atoms with Crippen molar-refractivity contribution in [3.8, 4) is 0 Å². The van der Waals surface area contributed by atoms with E-state index < -0.39 is 13.8 Å². The first-order valence-electron chi connectivity index (χ1n) is 4.69. The molecular weight excluding hydrogens is 233 g/mol.